The Hall–Kier alpha value is -1.94. The van der Waals surface area contributed by atoms with Gasteiger partial charge in [0.2, 0.25) is 0 Å². The van der Waals surface area contributed by atoms with Crippen molar-refractivity contribution in [2.75, 3.05) is 39.6 Å². The fraction of sp³-hybridized carbons (Fsp3) is 0.938. The van der Waals surface area contributed by atoms with Crippen LogP contribution in [0.15, 0.2) is 0 Å². The van der Waals surface area contributed by atoms with Gasteiger partial charge in [0.25, 0.3) is 0 Å². The third kappa shape index (κ3) is 57.6. The Labute approximate surface area is 505 Å². The SMILES string of the molecule is CCCCCCCCCCCCCC(=O)OC[C@H](COP(=O)(O)OC[C@@H](O)COP(=O)(O)OC[C@@H](COC(=O)CCCCCCCCCC)OC(=O)CCCCCCCCC(C)CC)OC(=O)CCCCCCCCCCCCCC(C)C. The minimum Gasteiger partial charge on any atom is -0.462 e. The Morgan fingerprint density at radius 2 is 0.614 bits per heavy atom. The van der Waals surface area contributed by atoms with E-state index in [0.29, 0.717) is 25.7 Å². The maximum Gasteiger partial charge on any atom is 0.472 e. The van der Waals surface area contributed by atoms with Crippen LogP contribution in [-0.4, -0.2) is 96.7 Å². The number of carbonyl (C=O) groups is 4. The van der Waals surface area contributed by atoms with Gasteiger partial charge >= 0.3 is 39.5 Å². The molecule has 0 saturated carbocycles. The number of carbonyl (C=O) groups excluding carboxylic acids is 4. The highest BCUT2D eigenvalue weighted by atomic mass is 31.2. The zero-order valence-electron chi connectivity index (χ0n) is 53.5. The number of hydrogen-bond donors (Lipinski definition) is 3. The first-order valence-electron chi connectivity index (χ1n) is 33.5. The second-order valence-corrected chi connectivity index (χ2v) is 26.8. The average molecular weight is 1230 g/mol. The van der Waals surface area contributed by atoms with E-state index in [9.17, 15) is 43.2 Å². The van der Waals surface area contributed by atoms with Crippen molar-refractivity contribution in [1.82, 2.24) is 0 Å². The number of hydrogen-bond acceptors (Lipinski definition) is 15. The van der Waals surface area contributed by atoms with Gasteiger partial charge in [0, 0.05) is 25.7 Å². The van der Waals surface area contributed by atoms with Crippen LogP contribution >= 0.6 is 15.6 Å². The predicted molar refractivity (Wildman–Crippen MR) is 331 cm³/mol. The first-order chi connectivity index (χ1) is 39.9. The summed E-state index contributed by atoms with van der Waals surface area (Å²) in [6, 6.07) is 0. The van der Waals surface area contributed by atoms with Crippen LogP contribution in [0.1, 0.15) is 318 Å². The molecule has 0 aromatic heterocycles. The molecule has 0 rings (SSSR count). The number of aliphatic hydroxyl groups is 1. The molecule has 0 spiro atoms. The van der Waals surface area contributed by atoms with Gasteiger partial charge in [-0.3, -0.25) is 37.3 Å². The first kappa shape index (κ1) is 81.1. The molecule has 0 aliphatic rings. The van der Waals surface area contributed by atoms with Crippen LogP contribution in [0.4, 0.5) is 0 Å². The lowest BCUT2D eigenvalue weighted by atomic mass is 10.00. The Kier molecular flexibility index (Phi) is 55.2. The lowest BCUT2D eigenvalue weighted by Gasteiger charge is -2.21. The number of aliphatic hydroxyl groups excluding tert-OH is 1. The van der Waals surface area contributed by atoms with Crippen molar-refractivity contribution in [3.8, 4) is 0 Å². The van der Waals surface area contributed by atoms with E-state index >= 15 is 0 Å². The summed E-state index contributed by atoms with van der Waals surface area (Å²) in [5.41, 5.74) is 0. The highest BCUT2D eigenvalue weighted by Gasteiger charge is 2.30. The maximum absolute atomic E-state index is 13.0. The number of rotatable bonds is 63. The van der Waals surface area contributed by atoms with Gasteiger partial charge in [-0.15, -0.1) is 0 Å². The molecule has 17 nitrogen and oxygen atoms in total. The molecule has 0 heterocycles. The quantitative estimate of drug-likeness (QED) is 0.0222. The van der Waals surface area contributed by atoms with E-state index in [2.05, 4.69) is 41.5 Å². The van der Waals surface area contributed by atoms with E-state index < -0.39 is 97.5 Å². The molecule has 0 amide bonds. The number of phosphoric acid groups is 2. The molecular formula is C64H124O17P2. The third-order valence-electron chi connectivity index (χ3n) is 15.1. The van der Waals surface area contributed by atoms with Crippen molar-refractivity contribution >= 4 is 39.5 Å². The summed E-state index contributed by atoms with van der Waals surface area (Å²) in [4.78, 5) is 72.1. The predicted octanol–water partition coefficient (Wildman–Crippen LogP) is 17.7. The summed E-state index contributed by atoms with van der Waals surface area (Å²) in [5, 5.41) is 10.5. The zero-order chi connectivity index (χ0) is 61.5. The molecule has 83 heavy (non-hydrogen) atoms. The van der Waals surface area contributed by atoms with Crippen LogP contribution in [0.2, 0.25) is 0 Å². The molecule has 0 aliphatic carbocycles. The molecule has 19 heteroatoms. The van der Waals surface area contributed by atoms with E-state index in [-0.39, 0.29) is 25.7 Å². The molecule has 0 fully saturated rings. The summed E-state index contributed by atoms with van der Waals surface area (Å²) in [6.07, 6.45) is 38.9. The van der Waals surface area contributed by atoms with Gasteiger partial charge in [0.1, 0.15) is 19.3 Å². The summed E-state index contributed by atoms with van der Waals surface area (Å²) in [7, 11) is -9.88. The maximum atomic E-state index is 13.0. The monoisotopic (exact) mass is 1230 g/mol. The largest absolute Gasteiger partial charge is 0.472 e. The lowest BCUT2D eigenvalue weighted by Crippen LogP contribution is -2.30. The summed E-state index contributed by atoms with van der Waals surface area (Å²) in [6.45, 7) is 9.42. The van der Waals surface area contributed by atoms with E-state index in [1.165, 1.54) is 128 Å². The highest BCUT2D eigenvalue weighted by molar-refractivity contribution is 7.47. The Balaban J connectivity index is 5.23. The second-order valence-electron chi connectivity index (χ2n) is 23.9. The molecule has 6 atom stereocenters. The first-order valence-corrected chi connectivity index (χ1v) is 36.5. The van der Waals surface area contributed by atoms with Crippen LogP contribution in [0.25, 0.3) is 0 Å². The van der Waals surface area contributed by atoms with Gasteiger partial charge in [0.15, 0.2) is 12.2 Å². The van der Waals surface area contributed by atoms with Crippen LogP contribution in [0, 0.1) is 11.8 Å². The number of phosphoric ester groups is 2. The molecule has 0 radical (unpaired) electrons. The number of ether oxygens (including phenoxy) is 4. The van der Waals surface area contributed by atoms with E-state index in [0.717, 1.165) is 108 Å². The van der Waals surface area contributed by atoms with E-state index in [1.807, 2.05) is 0 Å². The van der Waals surface area contributed by atoms with Crippen LogP contribution in [-0.2, 0) is 65.4 Å². The van der Waals surface area contributed by atoms with Crippen molar-refractivity contribution in [1.29, 1.82) is 0 Å². The molecule has 0 aliphatic heterocycles. The zero-order valence-corrected chi connectivity index (χ0v) is 55.3. The fourth-order valence-corrected chi connectivity index (χ4v) is 11.1. The van der Waals surface area contributed by atoms with Gasteiger partial charge in [0.05, 0.1) is 26.4 Å². The molecule has 0 aromatic carbocycles. The van der Waals surface area contributed by atoms with Crippen LogP contribution in [0.5, 0.6) is 0 Å². The Morgan fingerprint density at radius 3 is 0.916 bits per heavy atom. The van der Waals surface area contributed by atoms with Crippen molar-refractivity contribution in [3.05, 3.63) is 0 Å². The Morgan fingerprint density at radius 1 is 0.349 bits per heavy atom. The smallest absolute Gasteiger partial charge is 0.462 e. The molecule has 3 unspecified atom stereocenters. The van der Waals surface area contributed by atoms with Gasteiger partial charge in [-0.25, -0.2) is 9.13 Å². The topological polar surface area (TPSA) is 237 Å². The van der Waals surface area contributed by atoms with Crippen molar-refractivity contribution in [2.45, 2.75) is 336 Å². The molecular weight excluding hydrogens is 1100 g/mol. The normalized spacial score (nSPS) is 14.6. The molecule has 492 valence electrons. The van der Waals surface area contributed by atoms with Gasteiger partial charge in [-0.2, -0.15) is 0 Å². The minimum atomic E-state index is -4.94. The fourth-order valence-electron chi connectivity index (χ4n) is 9.50. The summed E-state index contributed by atoms with van der Waals surface area (Å²) < 4.78 is 67.9. The lowest BCUT2D eigenvalue weighted by molar-refractivity contribution is -0.161. The molecule has 0 aromatic rings. The number of unbranched alkanes of at least 4 members (excludes halogenated alkanes) is 32. The second kappa shape index (κ2) is 56.6. The van der Waals surface area contributed by atoms with Crippen LogP contribution in [0.3, 0.4) is 0 Å². The standard InChI is InChI=1S/C64H124O17P2/c1-7-10-12-14-16-18-20-24-28-35-41-47-62(67)75-52-59(80-63(68)48-42-36-29-25-22-19-21-23-26-32-38-44-56(4)5)54-78-82(70,71)76-50-58(65)51-77-83(72,73)79-55-60(53-74-61(66)46-40-34-27-17-15-13-11-8-2)81-64(69)49-43-37-31-30-33-39-45-57(6)9-3/h56-60,65H,7-55H2,1-6H3,(H,70,71)(H,72,73)/t57?,58-,59-,60-/m1/s1. The van der Waals surface area contributed by atoms with Gasteiger partial charge < -0.3 is 33.8 Å². The van der Waals surface area contributed by atoms with Crippen LogP contribution < -0.4 is 0 Å². The summed E-state index contributed by atoms with van der Waals surface area (Å²) in [5.74, 6) is -0.652. The van der Waals surface area contributed by atoms with Crippen molar-refractivity contribution in [2.24, 2.45) is 11.8 Å². The molecule has 0 saturated heterocycles. The number of esters is 4. The van der Waals surface area contributed by atoms with E-state index in [4.69, 9.17) is 37.0 Å². The van der Waals surface area contributed by atoms with E-state index in [1.54, 1.807) is 0 Å². The highest BCUT2D eigenvalue weighted by Crippen LogP contribution is 2.45. The Bertz CT molecular complexity index is 1630. The average Bonchev–Trinajstić information content (AvgIpc) is 3.46. The minimum absolute atomic E-state index is 0.103. The van der Waals surface area contributed by atoms with Gasteiger partial charge in [-0.1, -0.05) is 266 Å². The summed E-state index contributed by atoms with van der Waals surface area (Å²) >= 11 is 0. The molecule has 0 bridgehead atoms. The third-order valence-corrected chi connectivity index (χ3v) is 17.0. The molecule has 3 N–H and O–H groups in total. The van der Waals surface area contributed by atoms with Gasteiger partial charge in [-0.05, 0) is 37.5 Å². The van der Waals surface area contributed by atoms with Crippen molar-refractivity contribution < 1.29 is 80.2 Å². The van der Waals surface area contributed by atoms with Crippen molar-refractivity contribution in [3.63, 3.8) is 0 Å².